The van der Waals surface area contributed by atoms with Gasteiger partial charge in [-0.05, 0) is 31.5 Å². The SMILES string of the molecule is CCCCN(CC)C(=O)c1ccc(Cl)c(S(=O)(=O)N(C)C)c1. The average Bonchev–Trinajstić information content (AvgIpc) is 2.47. The third kappa shape index (κ3) is 4.21. The van der Waals surface area contributed by atoms with E-state index >= 15 is 0 Å². The molecule has 0 N–H and O–H groups in total. The monoisotopic (exact) mass is 346 g/mol. The highest BCUT2D eigenvalue weighted by Crippen LogP contribution is 2.25. The smallest absolute Gasteiger partial charge is 0.253 e. The maximum absolute atomic E-state index is 12.5. The molecule has 0 aliphatic carbocycles. The van der Waals surface area contributed by atoms with Crippen LogP contribution in [0.25, 0.3) is 0 Å². The van der Waals surface area contributed by atoms with Crippen molar-refractivity contribution in [3.05, 3.63) is 28.8 Å². The van der Waals surface area contributed by atoms with Crippen molar-refractivity contribution < 1.29 is 13.2 Å². The second-order valence-electron chi connectivity index (χ2n) is 5.17. The van der Waals surface area contributed by atoms with Crippen LogP contribution in [0.1, 0.15) is 37.0 Å². The van der Waals surface area contributed by atoms with Crippen LogP contribution in [0.15, 0.2) is 23.1 Å². The van der Waals surface area contributed by atoms with Crippen LogP contribution in [0.4, 0.5) is 0 Å². The number of nitrogens with zero attached hydrogens (tertiary/aromatic N) is 2. The molecule has 7 heteroatoms. The summed E-state index contributed by atoms with van der Waals surface area (Å²) in [5.74, 6) is -0.178. The molecule has 0 aromatic heterocycles. The van der Waals surface area contributed by atoms with Gasteiger partial charge in [0.25, 0.3) is 5.91 Å². The van der Waals surface area contributed by atoms with Crippen LogP contribution in [0.2, 0.25) is 5.02 Å². The van der Waals surface area contributed by atoms with Gasteiger partial charge in [-0.2, -0.15) is 0 Å². The van der Waals surface area contributed by atoms with Crippen LogP contribution in [0.3, 0.4) is 0 Å². The van der Waals surface area contributed by atoms with Crippen LogP contribution in [-0.2, 0) is 10.0 Å². The summed E-state index contributed by atoms with van der Waals surface area (Å²) in [5, 5.41) is 0.113. The molecule has 0 radical (unpaired) electrons. The highest BCUT2D eigenvalue weighted by Gasteiger charge is 2.23. The van der Waals surface area contributed by atoms with Gasteiger partial charge >= 0.3 is 0 Å². The predicted molar refractivity (Wildman–Crippen MR) is 88.8 cm³/mol. The van der Waals surface area contributed by atoms with Gasteiger partial charge in [-0.1, -0.05) is 24.9 Å². The Labute approximate surface area is 137 Å². The molecule has 0 saturated heterocycles. The number of sulfonamides is 1. The fourth-order valence-electron chi connectivity index (χ4n) is 1.97. The second kappa shape index (κ2) is 7.94. The summed E-state index contributed by atoms with van der Waals surface area (Å²) >= 11 is 6.00. The number of carbonyl (C=O) groups is 1. The summed E-state index contributed by atoms with van der Waals surface area (Å²) < 4.78 is 25.6. The maximum atomic E-state index is 12.5. The quantitative estimate of drug-likeness (QED) is 0.762. The van der Waals surface area contributed by atoms with Crippen LogP contribution in [0, 0.1) is 0 Å². The van der Waals surface area contributed by atoms with Crippen molar-refractivity contribution in [1.29, 1.82) is 0 Å². The number of rotatable bonds is 7. The zero-order valence-corrected chi connectivity index (χ0v) is 15.0. The fourth-order valence-corrected chi connectivity index (χ4v) is 3.36. The summed E-state index contributed by atoms with van der Waals surface area (Å²) in [4.78, 5) is 14.2. The molecule has 0 aliphatic rings. The van der Waals surface area contributed by atoms with Gasteiger partial charge in [0.05, 0.1) is 5.02 Å². The van der Waals surface area contributed by atoms with Crippen molar-refractivity contribution >= 4 is 27.5 Å². The predicted octanol–water partition coefficient (Wildman–Crippen LogP) is 2.85. The van der Waals surface area contributed by atoms with Crippen molar-refractivity contribution in [3.8, 4) is 0 Å². The molecule has 0 aliphatic heterocycles. The first-order chi connectivity index (χ1) is 10.3. The largest absolute Gasteiger partial charge is 0.339 e. The molecule has 124 valence electrons. The summed E-state index contributed by atoms with van der Waals surface area (Å²) in [7, 11) is -0.822. The number of amides is 1. The first-order valence-corrected chi connectivity index (χ1v) is 9.08. The molecule has 1 aromatic rings. The lowest BCUT2D eigenvalue weighted by atomic mass is 10.2. The Balaban J connectivity index is 3.20. The van der Waals surface area contributed by atoms with Gasteiger partial charge in [-0.3, -0.25) is 4.79 Å². The van der Waals surface area contributed by atoms with E-state index in [0.717, 1.165) is 17.1 Å². The molecule has 0 fully saturated rings. The lowest BCUT2D eigenvalue weighted by molar-refractivity contribution is 0.0762. The molecule has 1 amide bonds. The molecule has 0 heterocycles. The lowest BCUT2D eigenvalue weighted by Crippen LogP contribution is -2.32. The van der Waals surface area contributed by atoms with Crippen LogP contribution < -0.4 is 0 Å². The van der Waals surface area contributed by atoms with E-state index in [1.165, 1.54) is 26.2 Å². The maximum Gasteiger partial charge on any atom is 0.253 e. The van der Waals surface area contributed by atoms with Crippen LogP contribution in [0.5, 0.6) is 0 Å². The summed E-state index contributed by atoms with van der Waals surface area (Å²) in [6.45, 7) is 5.20. The summed E-state index contributed by atoms with van der Waals surface area (Å²) in [6.07, 6.45) is 1.90. The molecule has 1 rings (SSSR count). The van der Waals surface area contributed by atoms with Gasteiger partial charge in [0, 0.05) is 32.7 Å². The second-order valence-corrected chi connectivity index (χ2v) is 7.70. The standard InChI is InChI=1S/C15H23ClN2O3S/c1-5-7-10-18(6-2)15(19)12-8-9-13(16)14(11-12)22(20,21)17(3)4/h8-9,11H,5-7,10H2,1-4H3. The van der Waals surface area contributed by atoms with Crippen LogP contribution in [-0.4, -0.2) is 50.7 Å². The normalized spacial score (nSPS) is 11.7. The van der Waals surface area contributed by atoms with Gasteiger partial charge < -0.3 is 4.90 Å². The third-order valence-electron chi connectivity index (χ3n) is 3.39. The highest BCUT2D eigenvalue weighted by molar-refractivity contribution is 7.89. The third-order valence-corrected chi connectivity index (χ3v) is 5.68. The summed E-state index contributed by atoms with van der Waals surface area (Å²) in [6, 6.07) is 4.38. The van der Waals surface area contributed by atoms with Crippen LogP contribution >= 0.6 is 11.6 Å². The highest BCUT2D eigenvalue weighted by atomic mass is 35.5. The minimum absolute atomic E-state index is 0.0449. The molecule has 0 bridgehead atoms. The number of hydrogen-bond donors (Lipinski definition) is 0. The van der Waals surface area contributed by atoms with Gasteiger partial charge in [0.1, 0.15) is 4.90 Å². The van der Waals surface area contributed by atoms with Crippen molar-refractivity contribution in [2.24, 2.45) is 0 Å². The Bertz CT molecular complexity index is 630. The van der Waals surface area contributed by atoms with Gasteiger partial charge in [0.15, 0.2) is 0 Å². The van der Waals surface area contributed by atoms with Crippen molar-refractivity contribution in [2.75, 3.05) is 27.2 Å². The van der Waals surface area contributed by atoms with E-state index in [-0.39, 0.29) is 15.8 Å². The van der Waals surface area contributed by atoms with Gasteiger partial charge in [-0.25, -0.2) is 12.7 Å². The lowest BCUT2D eigenvalue weighted by Gasteiger charge is -2.21. The Morgan fingerprint density at radius 1 is 1.23 bits per heavy atom. The van der Waals surface area contributed by atoms with E-state index in [4.69, 9.17) is 11.6 Å². The summed E-state index contributed by atoms with van der Waals surface area (Å²) in [5.41, 5.74) is 0.336. The molecule has 0 spiro atoms. The zero-order chi connectivity index (χ0) is 16.9. The first-order valence-electron chi connectivity index (χ1n) is 7.27. The van der Waals surface area contributed by atoms with E-state index < -0.39 is 10.0 Å². The Morgan fingerprint density at radius 2 is 1.86 bits per heavy atom. The molecule has 0 atom stereocenters. The van der Waals surface area contributed by atoms with Crippen molar-refractivity contribution in [3.63, 3.8) is 0 Å². The Hall–Kier alpha value is -1.11. The molecule has 0 saturated carbocycles. The number of carbonyl (C=O) groups excluding carboxylic acids is 1. The minimum Gasteiger partial charge on any atom is -0.339 e. The number of benzene rings is 1. The average molecular weight is 347 g/mol. The van der Waals surface area contributed by atoms with E-state index in [0.29, 0.717) is 18.7 Å². The number of halogens is 1. The van der Waals surface area contributed by atoms with E-state index in [1.54, 1.807) is 11.0 Å². The first kappa shape index (κ1) is 18.9. The zero-order valence-electron chi connectivity index (χ0n) is 13.5. The van der Waals surface area contributed by atoms with Crippen molar-refractivity contribution in [2.45, 2.75) is 31.6 Å². The Kier molecular flexibility index (Phi) is 6.84. The molecule has 22 heavy (non-hydrogen) atoms. The molecule has 5 nitrogen and oxygen atoms in total. The fraction of sp³-hybridized carbons (Fsp3) is 0.533. The number of hydrogen-bond acceptors (Lipinski definition) is 3. The topological polar surface area (TPSA) is 57.7 Å². The van der Waals surface area contributed by atoms with E-state index in [1.807, 2.05) is 6.92 Å². The van der Waals surface area contributed by atoms with E-state index in [9.17, 15) is 13.2 Å². The molecule has 0 unspecified atom stereocenters. The molecule has 1 aromatic carbocycles. The molecular formula is C15H23ClN2O3S. The minimum atomic E-state index is -3.68. The molecular weight excluding hydrogens is 324 g/mol. The van der Waals surface area contributed by atoms with Crippen molar-refractivity contribution in [1.82, 2.24) is 9.21 Å². The van der Waals surface area contributed by atoms with Gasteiger partial charge in [-0.15, -0.1) is 0 Å². The Morgan fingerprint density at radius 3 is 2.36 bits per heavy atom. The van der Waals surface area contributed by atoms with E-state index in [2.05, 4.69) is 6.92 Å². The van der Waals surface area contributed by atoms with Gasteiger partial charge in [0.2, 0.25) is 10.0 Å². The number of unbranched alkanes of at least 4 members (excludes halogenated alkanes) is 1.